The third-order valence-electron chi connectivity index (χ3n) is 5.61. The summed E-state index contributed by atoms with van der Waals surface area (Å²) in [6.07, 6.45) is 3.19. The highest BCUT2D eigenvalue weighted by atomic mass is 19.1. The second kappa shape index (κ2) is 8.50. The molecule has 1 fully saturated rings. The summed E-state index contributed by atoms with van der Waals surface area (Å²) >= 11 is 0. The van der Waals surface area contributed by atoms with Crippen molar-refractivity contribution in [3.8, 4) is 11.5 Å². The lowest BCUT2D eigenvalue weighted by molar-refractivity contribution is -0.131. The molecular weight excluding hydrogens is 422 g/mol. The predicted octanol–water partition coefficient (Wildman–Crippen LogP) is 2.76. The number of nitrogens with one attached hydrogen (secondary N) is 1. The standard InChI is InChI=1S/C21H20F2N6O3/c22-14-8-13(9-15(23)10-14)21-26-25-18(32-21)11-19(30)28-6-3-16(4-7-28)29-12-31-27-20-17(29)2-1-5-24-20/h1-2,5,8-10,16H,3-4,6-7,11-12H2,(H,24,27). The molecule has 0 atom stereocenters. The molecule has 0 aliphatic carbocycles. The molecule has 0 spiro atoms. The number of piperidine rings is 1. The minimum Gasteiger partial charge on any atom is -0.420 e. The first-order valence-electron chi connectivity index (χ1n) is 10.2. The molecule has 1 saturated heterocycles. The Kier molecular flexibility index (Phi) is 5.39. The van der Waals surface area contributed by atoms with Crippen molar-refractivity contribution in [3.05, 3.63) is 54.1 Å². The molecule has 2 aliphatic heterocycles. The van der Waals surface area contributed by atoms with E-state index in [9.17, 15) is 13.6 Å². The van der Waals surface area contributed by atoms with Crippen LogP contribution in [-0.2, 0) is 16.1 Å². The number of rotatable bonds is 4. The van der Waals surface area contributed by atoms with Gasteiger partial charge in [-0.2, -0.15) is 0 Å². The number of nitrogens with zero attached hydrogens (tertiary/aromatic N) is 5. The SMILES string of the molecule is O=C(Cc1nnc(-c2cc(F)cc(F)c2)o1)N1CCC(N2CONc3ncccc32)CC1. The van der Waals surface area contributed by atoms with Crippen LogP contribution in [0.5, 0.6) is 0 Å². The zero-order valence-electron chi connectivity index (χ0n) is 17.0. The van der Waals surface area contributed by atoms with Crippen molar-refractivity contribution in [2.24, 2.45) is 0 Å². The van der Waals surface area contributed by atoms with Gasteiger partial charge in [0.15, 0.2) is 5.82 Å². The first-order chi connectivity index (χ1) is 15.6. The lowest BCUT2D eigenvalue weighted by Crippen LogP contribution is -2.49. The van der Waals surface area contributed by atoms with Gasteiger partial charge in [-0.05, 0) is 37.1 Å². The summed E-state index contributed by atoms with van der Waals surface area (Å²) in [6, 6.07) is 7.06. The first-order valence-corrected chi connectivity index (χ1v) is 10.2. The van der Waals surface area contributed by atoms with Crippen LogP contribution in [0.4, 0.5) is 20.3 Å². The van der Waals surface area contributed by atoms with Crippen LogP contribution >= 0.6 is 0 Å². The molecular formula is C21H20F2N6O3. The van der Waals surface area contributed by atoms with Crippen molar-refractivity contribution in [1.82, 2.24) is 20.1 Å². The van der Waals surface area contributed by atoms with E-state index < -0.39 is 11.6 Å². The fourth-order valence-corrected chi connectivity index (χ4v) is 4.04. The average Bonchev–Trinajstić information content (AvgIpc) is 3.27. The third-order valence-corrected chi connectivity index (χ3v) is 5.61. The van der Waals surface area contributed by atoms with Gasteiger partial charge in [-0.3, -0.25) is 9.63 Å². The number of likely N-dealkylation sites (tertiary alicyclic amines) is 1. The van der Waals surface area contributed by atoms with Gasteiger partial charge >= 0.3 is 0 Å². The Hall–Kier alpha value is -3.60. The summed E-state index contributed by atoms with van der Waals surface area (Å²) in [5, 5.41) is 7.66. The molecule has 0 unspecified atom stereocenters. The second-order valence-corrected chi connectivity index (χ2v) is 7.66. The zero-order valence-corrected chi connectivity index (χ0v) is 17.0. The van der Waals surface area contributed by atoms with Crippen LogP contribution in [0, 0.1) is 11.6 Å². The number of halogens is 2. The number of carbonyl (C=O) groups excluding carboxylic acids is 1. The maximum absolute atomic E-state index is 13.4. The van der Waals surface area contributed by atoms with Crippen LogP contribution in [0.15, 0.2) is 40.9 Å². The monoisotopic (exact) mass is 442 g/mol. The molecule has 1 N–H and O–H groups in total. The van der Waals surface area contributed by atoms with E-state index in [0.717, 1.165) is 36.7 Å². The quantitative estimate of drug-likeness (QED) is 0.659. The largest absolute Gasteiger partial charge is 0.420 e. The van der Waals surface area contributed by atoms with Gasteiger partial charge in [-0.25, -0.2) is 19.2 Å². The fourth-order valence-electron chi connectivity index (χ4n) is 4.04. The number of anilines is 2. The van der Waals surface area contributed by atoms with E-state index in [1.165, 1.54) is 0 Å². The predicted molar refractivity (Wildman–Crippen MR) is 109 cm³/mol. The smallest absolute Gasteiger partial charge is 0.247 e. The van der Waals surface area contributed by atoms with Gasteiger partial charge in [-0.1, -0.05) is 0 Å². The fraction of sp³-hybridized carbons (Fsp3) is 0.333. The number of aromatic nitrogens is 3. The van der Waals surface area contributed by atoms with Crippen molar-refractivity contribution in [1.29, 1.82) is 0 Å². The summed E-state index contributed by atoms with van der Waals surface area (Å²) in [5.74, 6) is -0.868. The molecule has 1 amide bonds. The van der Waals surface area contributed by atoms with Crippen LogP contribution in [0.3, 0.4) is 0 Å². The minimum atomic E-state index is -0.744. The summed E-state index contributed by atoms with van der Waals surface area (Å²) in [6.45, 7) is 1.57. The normalized spacial score (nSPS) is 16.6. The van der Waals surface area contributed by atoms with Crippen LogP contribution < -0.4 is 10.4 Å². The number of hydrogen-bond donors (Lipinski definition) is 1. The number of hydrogen-bond acceptors (Lipinski definition) is 8. The molecule has 3 aromatic rings. The summed E-state index contributed by atoms with van der Waals surface area (Å²) in [4.78, 5) is 26.3. The molecule has 166 valence electrons. The molecule has 9 nitrogen and oxygen atoms in total. The molecule has 4 heterocycles. The Morgan fingerprint density at radius 3 is 2.72 bits per heavy atom. The first kappa shape index (κ1) is 20.3. The van der Waals surface area contributed by atoms with E-state index in [4.69, 9.17) is 9.25 Å². The molecule has 5 rings (SSSR count). The lowest BCUT2D eigenvalue weighted by atomic mass is 10.0. The molecule has 0 radical (unpaired) electrons. The van der Waals surface area contributed by atoms with Crippen molar-refractivity contribution in [3.63, 3.8) is 0 Å². The van der Waals surface area contributed by atoms with E-state index in [1.54, 1.807) is 11.1 Å². The molecule has 2 aromatic heterocycles. The molecule has 1 aromatic carbocycles. The van der Waals surface area contributed by atoms with Gasteiger partial charge in [0.05, 0.1) is 5.69 Å². The van der Waals surface area contributed by atoms with Gasteiger partial charge in [-0.15, -0.1) is 10.2 Å². The van der Waals surface area contributed by atoms with Gasteiger partial charge in [0.25, 0.3) is 0 Å². The number of fused-ring (bicyclic) bond motifs is 1. The maximum Gasteiger partial charge on any atom is 0.247 e. The Morgan fingerprint density at radius 2 is 1.94 bits per heavy atom. The van der Waals surface area contributed by atoms with Crippen LogP contribution in [0.25, 0.3) is 11.5 Å². The van der Waals surface area contributed by atoms with E-state index in [0.29, 0.717) is 25.6 Å². The molecule has 11 heteroatoms. The highest BCUT2D eigenvalue weighted by Gasteiger charge is 2.31. The van der Waals surface area contributed by atoms with E-state index in [2.05, 4.69) is 25.6 Å². The molecule has 0 bridgehead atoms. The van der Waals surface area contributed by atoms with Crippen molar-refractivity contribution in [2.75, 3.05) is 30.2 Å². The zero-order chi connectivity index (χ0) is 22.1. The Labute approximate surface area is 182 Å². The van der Waals surface area contributed by atoms with Crippen molar-refractivity contribution >= 4 is 17.4 Å². The number of pyridine rings is 1. The molecule has 2 aliphatic rings. The maximum atomic E-state index is 13.4. The van der Waals surface area contributed by atoms with Crippen LogP contribution in [0.1, 0.15) is 18.7 Å². The third kappa shape index (κ3) is 4.11. The van der Waals surface area contributed by atoms with Gasteiger partial charge in [0.1, 0.15) is 24.8 Å². The Balaban J connectivity index is 1.19. The number of carbonyl (C=O) groups is 1. The number of amides is 1. The highest BCUT2D eigenvalue weighted by molar-refractivity contribution is 5.78. The van der Waals surface area contributed by atoms with Crippen molar-refractivity contribution < 1.29 is 22.8 Å². The number of benzene rings is 1. The van der Waals surface area contributed by atoms with Crippen molar-refractivity contribution in [2.45, 2.75) is 25.3 Å². The summed E-state index contributed by atoms with van der Waals surface area (Å²) in [5.41, 5.74) is 3.93. The van der Waals surface area contributed by atoms with E-state index in [-0.39, 0.29) is 35.7 Å². The Bertz CT molecular complexity index is 1110. The van der Waals surface area contributed by atoms with Gasteiger partial charge in [0, 0.05) is 37.0 Å². The van der Waals surface area contributed by atoms with E-state index in [1.807, 2.05) is 12.1 Å². The summed E-state index contributed by atoms with van der Waals surface area (Å²) in [7, 11) is 0. The van der Waals surface area contributed by atoms with Gasteiger partial charge < -0.3 is 14.2 Å². The topological polar surface area (TPSA) is 96.6 Å². The highest BCUT2D eigenvalue weighted by Crippen LogP contribution is 2.31. The summed E-state index contributed by atoms with van der Waals surface area (Å²) < 4.78 is 32.3. The molecule has 32 heavy (non-hydrogen) atoms. The Morgan fingerprint density at radius 1 is 1.16 bits per heavy atom. The van der Waals surface area contributed by atoms with Gasteiger partial charge in [0.2, 0.25) is 17.7 Å². The van der Waals surface area contributed by atoms with Crippen LogP contribution in [0.2, 0.25) is 0 Å². The lowest BCUT2D eigenvalue weighted by Gasteiger charge is -2.41. The minimum absolute atomic E-state index is 0.0316. The van der Waals surface area contributed by atoms with Crippen LogP contribution in [-0.4, -0.2) is 51.9 Å². The average molecular weight is 442 g/mol. The molecule has 0 saturated carbocycles. The van der Waals surface area contributed by atoms with E-state index >= 15 is 0 Å². The second-order valence-electron chi connectivity index (χ2n) is 7.66.